The maximum Gasteiger partial charge on any atom is 0.0814 e. The van der Waals surface area contributed by atoms with Crippen LogP contribution in [0.1, 0.15) is 26.7 Å². The van der Waals surface area contributed by atoms with E-state index in [2.05, 4.69) is 5.32 Å². The molecule has 0 unspecified atom stereocenters. The van der Waals surface area contributed by atoms with Crippen molar-refractivity contribution < 1.29 is 5.11 Å². The van der Waals surface area contributed by atoms with Gasteiger partial charge in [-0.1, -0.05) is 37.0 Å². The van der Waals surface area contributed by atoms with E-state index in [9.17, 15) is 5.11 Å². The van der Waals surface area contributed by atoms with Crippen LogP contribution in [-0.4, -0.2) is 17.3 Å². The minimum absolute atomic E-state index is 0.512. The van der Waals surface area contributed by atoms with Gasteiger partial charge in [0.15, 0.2) is 0 Å². The fourth-order valence-corrected chi connectivity index (χ4v) is 1.67. The van der Waals surface area contributed by atoms with E-state index in [1.165, 1.54) is 0 Å². The summed E-state index contributed by atoms with van der Waals surface area (Å²) in [5, 5.41) is 14.3. The van der Waals surface area contributed by atoms with E-state index in [1.54, 1.807) is 12.1 Å². The van der Waals surface area contributed by atoms with E-state index in [-0.39, 0.29) is 0 Å². The largest absolute Gasteiger partial charge is 0.388 e. The van der Waals surface area contributed by atoms with Gasteiger partial charge in [0.2, 0.25) is 0 Å². The Morgan fingerprint density at radius 2 is 1.81 bits per heavy atom. The van der Waals surface area contributed by atoms with Crippen LogP contribution in [0, 0.1) is 0 Å². The van der Waals surface area contributed by atoms with E-state index < -0.39 is 5.60 Å². The summed E-state index contributed by atoms with van der Waals surface area (Å²) in [7, 11) is 0. The molecule has 0 atom stereocenters. The van der Waals surface area contributed by atoms with Gasteiger partial charge in [0, 0.05) is 12.2 Å². The first-order valence-corrected chi connectivity index (χ1v) is 6.17. The third-order valence-corrected chi connectivity index (χ3v) is 3.60. The van der Waals surface area contributed by atoms with Gasteiger partial charge in [-0.3, -0.25) is 0 Å². The van der Waals surface area contributed by atoms with Crippen molar-refractivity contribution in [3.05, 3.63) is 28.2 Å². The fraction of sp³-hybridized carbons (Fsp3) is 0.500. The lowest BCUT2D eigenvalue weighted by Gasteiger charge is -2.26. The third-order valence-electron chi connectivity index (χ3n) is 2.86. The van der Waals surface area contributed by atoms with Crippen LogP contribution in [0.3, 0.4) is 0 Å². The number of aliphatic hydroxyl groups is 1. The van der Waals surface area contributed by atoms with Crippen LogP contribution >= 0.6 is 23.2 Å². The standard InChI is InChI=1S/C12H17Cl2NO/c1-3-12(16,4-2)8-15-9-5-6-10(13)11(14)7-9/h5-7,15-16H,3-4,8H2,1-2H3. The average molecular weight is 262 g/mol. The highest BCUT2D eigenvalue weighted by molar-refractivity contribution is 6.42. The normalized spacial score (nSPS) is 11.6. The highest BCUT2D eigenvalue weighted by Crippen LogP contribution is 2.25. The SMILES string of the molecule is CCC(O)(CC)CNc1ccc(Cl)c(Cl)c1. The number of hydrogen-bond donors (Lipinski definition) is 2. The van der Waals surface area contributed by atoms with Crippen LogP contribution < -0.4 is 5.32 Å². The molecular formula is C12H17Cl2NO. The predicted molar refractivity (Wildman–Crippen MR) is 70.5 cm³/mol. The second-order valence-electron chi connectivity index (χ2n) is 3.91. The highest BCUT2D eigenvalue weighted by atomic mass is 35.5. The molecule has 0 aromatic heterocycles. The molecule has 90 valence electrons. The molecule has 0 bridgehead atoms. The molecule has 0 fully saturated rings. The summed E-state index contributed by atoms with van der Waals surface area (Å²) >= 11 is 11.7. The third kappa shape index (κ3) is 3.55. The van der Waals surface area contributed by atoms with E-state index in [1.807, 2.05) is 19.9 Å². The molecule has 0 saturated carbocycles. The summed E-state index contributed by atoms with van der Waals surface area (Å²) in [4.78, 5) is 0. The van der Waals surface area contributed by atoms with E-state index in [0.717, 1.165) is 18.5 Å². The van der Waals surface area contributed by atoms with Crippen LogP contribution in [0.15, 0.2) is 18.2 Å². The molecule has 2 nitrogen and oxygen atoms in total. The van der Waals surface area contributed by atoms with Gasteiger partial charge in [-0.25, -0.2) is 0 Å². The van der Waals surface area contributed by atoms with Gasteiger partial charge in [0.1, 0.15) is 0 Å². The molecule has 16 heavy (non-hydrogen) atoms. The Labute approximate surface area is 107 Å². The average Bonchev–Trinajstić information content (AvgIpc) is 2.30. The summed E-state index contributed by atoms with van der Waals surface area (Å²) in [5.41, 5.74) is 0.210. The Hall–Kier alpha value is -0.440. The van der Waals surface area contributed by atoms with Gasteiger partial charge in [-0.15, -0.1) is 0 Å². The van der Waals surface area contributed by atoms with Gasteiger partial charge < -0.3 is 10.4 Å². The zero-order chi connectivity index (χ0) is 12.2. The second-order valence-corrected chi connectivity index (χ2v) is 4.73. The van der Waals surface area contributed by atoms with Gasteiger partial charge in [-0.05, 0) is 31.0 Å². The van der Waals surface area contributed by atoms with Crippen LogP contribution in [0.5, 0.6) is 0 Å². The van der Waals surface area contributed by atoms with Crippen molar-refractivity contribution in [1.29, 1.82) is 0 Å². The van der Waals surface area contributed by atoms with Gasteiger partial charge >= 0.3 is 0 Å². The summed E-state index contributed by atoms with van der Waals surface area (Å²) in [6.07, 6.45) is 1.44. The van der Waals surface area contributed by atoms with Crippen molar-refractivity contribution in [3.63, 3.8) is 0 Å². The summed E-state index contributed by atoms with van der Waals surface area (Å²) in [6, 6.07) is 5.35. The molecule has 0 amide bonds. The number of nitrogens with one attached hydrogen (secondary N) is 1. The highest BCUT2D eigenvalue weighted by Gasteiger charge is 2.21. The summed E-state index contributed by atoms with van der Waals surface area (Å²) in [6.45, 7) is 4.46. The van der Waals surface area contributed by atoms with Gasteiger partial charge in [0.25, 0.3) is 0 Å². The van der Waals surface area contributed by atoms with E-state index in [0.29, 0.717) is 16.6 Å². The smallest absolute Gasteiger partial charge is 0.0814 e. The predicted octanol–water partition coefficient (Wildman–Crippen LogP) is 3.96. The number of anilines is 1. The fourth-order valence-electron chi connectivity index (χ4n) is 1.37. The molecule has 2 N–H and O–H groups in total. The Morgan fingerprint density at radius 3 is 2.31 bits per heavy atom. The Bertz CT molecular complexity index is 351. The number of halogens is 2. The first kappa shape index (κ1) is 13.6. The van der Waals surface area contributed by atoms with Crippen molar-refractivity contribution >= 4 is 28.9 Å². The topological polar surface area (TPSA) is 32.3 Å². The molecule has 0 saturated heterocycles. The number of rotatable bonds is 5. The molecule has 0 heterocycles. The lowest BCUT2D eigenvalue weighted by atomic mass is 9.97. The molecule has 0 spiro atoms. The Morgan fingerprint density at radius 1 is 1.19 bits per heavy atom. The van der Waals surface area contributed by atoms with Crippen molar-refractivity contribution in [2.24, 2.45) is 0 Å². The minimum Gasteiger partial charge on any atom is -0.388 e. The zero-order valence-corrected chi connectivity index (χ0v) is 11.1. The Kier molecular flexibility index (Phi) is 4.90. The van der Waals surface area contributed by atoms with Crippen molar-refractivity contribution in [3.8, 4) is 0 Å². The van der Waals surface area contributed by atoms with Gasteiger partial charge in [-0.2, -0.15) is 0 Å². The molecular weight excluding hydrogens is 245 g/mol. The molecule has 0 aliphatic carbocycles. The van der Waals surface area contributed by atoms with Crippen LogP contribution in [0.25, 0.3) is 0 Å². The second kappa shape index (κ2) is 5.76. The van der Waals surface area contributed by atoms with Crippen LogP contribution in [0.4, 0.5) is 5.69 Å². The molecule has 4 heteroatoms. The number of benzene rings is 1. The minimum atomic E-state index is -0.661. The molecule has 0 aliphatic heterocycles. The van der Waals surface area contributed by atoms with E-state index >= 15 is 0 Å². The molecule has 0 aliphatic rings. The van der Waals surface area contributed by atoms with Crippen molar-refractivity contribution in [2.45, 2.75) is 32.3 Å². The maximum atomic E-state index is 10.1. The molecule has 1 aromatic rings. The van der Waals surface area contributed by atoms with Crippen molar-refractivity contribution in [1.82, 2.24) is 0 Å². The first-order valence-electron chi connectivity index (χ1n) is 5.42. The lowest BCUT2D eigenvalue weighted by Crippen LogP contribution is -2.35. The molecule has 1 aromatic carbocycles. The monoisotopic (exact) mass is 261 g/mol. The first-order chi connectivity index (χ1) is 7.50. The number of hydrogen-bond acceptors (Lipinski definition) is 2. The van der Waals surface area contributed by atoms with E-state index in [4.69, 9.17) is 23.2 Å². The maximum absolute atomic E-state index is 10.1. The Balaban J connectivity index is 2.64. The molecule has 1 rings (SSSR count). The molecule has 0 radical (unpaired) electrons. The zero-order valence-electron chi connectivity index (χ0n) is 9.56. The quantitative estimate of drug-likeness (QED) is 0.841. The summed E-state index contributed by atoms with van der Waals surface area (Å²) < 4.78 is 0. The van der Waals surface area contributed by atoms with Crippen molar-refractivity contribution in [2.75, 3.05) is 11.9 Å². The lowest BCUT2D eigenvalue weighted by molar-refractivity contribution is 0.0457. The van der Waals surface area contributed by atoms with Crippen LogP contribution in [-0.2, 0) is 0 Å². The summed E-state index contributed by atoms with van der Waals surface area (Å²) in [5.74, 6) is 0. The van der Waals surface area contributed by atoms with Crippen LogP contribution in [0.2, 0.25) is 10.0 Å². The van der Waals surface area contributed by atoms with Gasteiger partial charge in [0.05, 0.1) is 15.6 Å².